The molecule has 1 aromatic heterocycles. The molecule has 186 valence electrons. The Kier molecular flexibility index (Phi) is 4.83. The molecule has 2 aromatic rings. The van der Waals surface area contributed by atoms with Gasteiger partial charge in [-0.2, -0.15) is 10.4 Å². The summed E-state index contributed by atoms with van der Waals surface area (Å²) >= 11 is 11.8. The zero-order chi connectivity index (χ0) is 25.5. The Balaban J connectivity index is 1.91. The van der Waals surface area contributed by atoms with Crippen LogP contribution in [0.15, 0.2) is 17.0 Å². The van der Waals surface area contributed by atoms with Gasteiger partial charge in [0.05, 0.1) is 15.5 Å². The highest BCUT2D eigenvalue weighted by Crippen LogP contribution is 3.02. The van der Waals surface area contributed by atoms with E-state index >= 15 is 0 Å². The summed E-state index contributed by atoms with van der Waals surface area (Å²) in [6, 6.07) is 1.64. The minimum absolute atomic E-state index is 0.0441. The summed E-state index contributed by atoms with van der Waals surface area (Å²) in [6.45, 7) is -0.357. The maximum absolute atomic E-state index is 13.4. The van der Waals surface area contributed by atoms with E-state index in [-0.39, 0.29) is 48.6 Å². The van der Waals surface area contributed by atoms with Gasteiger partial charge in [-0.1, -0.05) is 42.6 Å². The van der Waals surface area contributed by atoms with Crippen LogP contribution in [0.5, 0.6) is 0 Å². The molecule has 2 aliphatic rings. The molecule has 1 heterocycles. The fraction of sp³-hybridized carbons (Fsp3) is 0.389. The van der Waals surface area contributed by atoms with Gasteiger partial charge in [0.1, 0.15) is 22.5 Å². The van der Waals surface area contributed by atoms with Crippen molar-refractivity contribution in [1.29, 1.82) is 5.26 Å². The van der Waals surface area contributed by atoms with Gasteiger partial charge >= 0.3 is 10.2 Å². The van der Waals surface area contributed by atoms with Crippen LogP contribution in [0.2, 0.25) is 10.0 Å². The molecule has 0 bridgehead atoms. The maximum atomic E-state index is 13.4. The lowest BCUT2D eigenvalue weighted by atomic mass is 9.94. The number of nitriles is 1. The van der Waals surface area contributed by atoms with E-state index < -0.39 is 60.4 Å². The average Bonchev–Trinajstić information content (AvgIpc) is 3.55. The first-order chi connectivity index (χ1) is 15.3. The Morgan fingerprint density at radius 1 is 1.24 bits per heavy atom. The van der Waals surface area contributed by atoms with Gasteiger partial charge in [0, 0.05) is 24.4 Å². The standard InChI is InChI=1S/C18H14Cl2F7N5OS/c19-10-3-9(34(23,24,25,26)27)4-11(20)14(10)32-15(30-7-8-5-18(8,21)22)13(12(6-28)31-32)17(1-2-17)16(29)33/h3-4,8,30H,1-2,5,7H2,(H2,29,33). The number of hydrogen-bond donors (Lipinski definition) is 2. The number of primary amides is 1. The minimum Gasteiger partial charge on any atom is -0.369 e. The van der Waals surface area contributed by atoms with E-state index in [9.17, 15) is 38.3 Å². The first-order valence-corrected chi connectivity index (χ1v) is 12.2. The zero-order valence-corrected chi connectivity index (χ0v) is 19.0. The minimum atomic E-state index is -10.2. The van der Waals surface area contributed by atoms with Crippen molar-refractivity contribution in [2.24, 2.45) is 11.7 Å². The second kappa shape index (κ2) is 6.64. The van der Waals surface area contributed by atoms with Crippen LogP contribution in [0.3, 0.4) is 0 Å². The van der Waals surface area contributed by atoms with Crippen LogP contribution in [0.1, 0.15) is 30.5 Å². The number of alkyl halides is 2. The SMILES string of the molecule is N#Cc1nn(-c2c(Cl)cc(S(F)(F)(F)(F)F)cc2Cl)c(NCC2CC2(F)F)c1C1(C(N)=O)CC1. The van der Waals surface area contributed by atoms with Crippen LogP contribution in [0, 0.1) is 17.2 Å². The second-order valence-corrected chi connectivity index (χ2v) is 11.5. The highest BCUT2D eigenvalue weighted by atomic mass is 35.5. The van der Waals surface area contributed by atoms with Crippen molar-refractivity contribution in [3.05, 3.63) is 33.4 Å². The first kappa shape index (κ1) is 24.7. The van der Waals surface area contributed by atoms with Gasteiger partial charge in [0.25, 0.3) is 5.92 Å². The van der Waals surface area contributed by atoms with Crippen LogP contribution in [0.25, 0.3) is 5.69 Å². The number of rotatable bonds is 7. The number of carbonyl (C=O) groups excluding carboxylic acids is 1. The molecule has 16 heteroatoms. The lowest BCUT2D eigenvalue weighted by Gasteiger charge is -2.40. The van der Waals surface area contributed by atoms with Crippen molar-refractivity contribution in [2.45, 2.75) is 35.5 Å². The molecule has 1 aromatic carbocycles. The monoisotopic (exact) mass is 551 g/mol. The average molecular weight is 552 g/mol. The quantitative estimate of drug-likeness (QED) is 0.395. The number of nitrogens with one attached hydrogen (secondary N) is 1. The third kappa shape index (κ3) is 4.14. The molecule has 2 aliphatic carbocycles. The highest BCUT2D eigenvalue weighted by molar-refractivity contribution is 8.45. The van der Waals surface area contributed by atoms with Gasteiger partial charge in [-0.15, -0.1) is 0 Å². The molecule has 1 unspecified atom stereocenters. The number of nitrogens with zero attached hydrogens (tertiary/aromatic N) is 3. The molecule has 0 aliphatic heterocycles. The van der Waals surface area contributed by atoms with Crippen LogP contribution in [-0.2, 0) is 10.2 Å². The summed E-state index contributed by atoms with van der Waals surface area (Å²) in [5, 5.41) is 14.4. The molecule has 2 saturated carbocycles. The summed E-state index contributed by atoms with van der Waals surface area (Å²) in [4.78, 5) is 9.78. The normalized spacial score (nSPS) is 22.3. The van der Waals surface area contributed by atoms with E-state index in [4.69, 9.17) is 28.9 Å². The predicted octanol–water partition coefficient (Wildman–Crippen LogP) is 6.29. The lowest BCUT2D eigenvalue weighted by Crippen LogP contribution is -2.30. The molecule has 4 rings (SSSR count). The Labute approximate surface area is 197 Å². The van der Waals surface area contributed by atoms with Crippen molar-refractivity contribution in [2.75, 3.05) is 11.9 Å². The summed E-state index contributed by atoms with van der Waals surface area (Å²) in [5.74, 6) is -5.11. The molecule has 1 atom stereocenters. The fourth-order valence-corrected chi connectivity index (χ4v) is 5.16. The number of carbonyl (C=O) groups is 1. The van der Waals surface area contributed by atoms with Gasteiger partial charge in [-0.3, -0.25) is 4.79 Å². The zero-order valence-electron chi connectivity index (χ0n) is 16.7. The Bertz CT molecular complexity index is 1260. The van der Waals surface area contributed by atoms with Crippen molar-refractivity contribution < 1.29 is 33.0 Å². The molecule has 0 spiro atoms. The van der Waals surface area contributed by atoms with Gasteiger partial charge in [-0.05, 0) is 25.0 Å². The van der Waals surface area contributed by atoms with E-state index in [1.165, 1.54) is 0 Å². The number of nitrogens with two attached hydrogens (primary N) is 1. The number of amides is 1. The first-order valence-electron chi connectivity index (χ1n) is 9.49. The summed E-state index contributed by atoms with van der Waals surface area (Å²) in [6.07, 6.45) is -0.0428. The van der Waals surface area contributed by atoms with Gasteiger partial charge < -0.3 is 11.1 Å². The van der Waals surface area contributed by atoms with Crippen molar-refractivity contribution in [3.8, 4) is 11.8 Å². The molecule has 34 heavy (non-hydrogen) atoms. The molecule has 0 saturated heterocycles. The summed E-state index contributed by atoms with van der Waals surface area (Å²) < 4.78 is 93.9. The van der Waals surface area contributed by atoms with Gasteiger partial charge in [0.15, 0.2) is 5.69 Å². The largest absolute Gasteiger partial charge is 0.369 e. The van der Waals surface area contributed by atoms with E-state index in [0.717, 1.165) is 4.68 Å². The number of halogens is 9. The number of hydrogen-bond acceptors (Lipinski definition) is 4. The Hall–Kier alpha value is -2.37. The molecule has 0 radical (unpaired) electrons. The van der Waals surface area contributed by atoms with Crippen LogP contribution >= 0.6 is 33.4 Å². The molecule has 1 amide bonds. The fourth-order valence-electron chi connectivity index (χ4n) is 3.70. The molecule has 2 fully saturated rings. The van der Waals surface area contributed by atoms with Crippen LogP contribution in [-0.4, -0.2) is 28.2 Å². The topological polar surface area (TPSA) is 96.7 Å². The van der Waals surface area contributed by atoms with E-state index in [0.29, 0.717) is 0 Å². The van der Waals surface area contributed by atoms with E-state index in [1.54, 1.807) is 6.07 Å². The molecular formula is C18H14Cl2F7N5OS. The molecular weight excluding hydrogens is 538 g/mol. The predicted molar refractivity (Wildman–Crippen MR) is 111 cm³/mol. The van der Waals surface area contributed by atoms with Crippen LogP contribution in [0.4, 0.5) is 34.0 Å². The van der Waals surface area contributed by atoms with E-state index in [1.807, 2.05) is 0 Å². The second-order valence-electron chi connectivity index (χ2n) is 8.29. The third-order valence-electron chi connectivity index (χ3n) is 5.81. The maximum Gasteiger partial charge on any atom is 0.310 e. The summed E-state index contributed by atoms with van der Waals surface area (Å²) in [5.41, 5.74) is 3.14. The highest BCUT2D eigenvalue weighted by Gasteiger charge is 2.66. The van der Waals surface area contributed by atoms with Crippen molar-refractivity contribution in [1.82, 2.24) is 9.78 Å². The number of anilines is 1. The molecule has 6 nitrogen and oxygen atoms in total. The number of benzene rings is 1. The van der Waals surface area contributed by atoms with E-state index in [2.05, 4.69) is 10.4 Å². The Morgan fingerprint density at radius 2 is 1.76 bits per heavy atom. The smallest absolute Gasteiger partial charge is 0.310 e. The Morgan fingerprint density at radius 3 is 2.15 bits per heavy atom. The molecule has 3 N–H and O–H groups in total. The summed E-state index contributed by atoms with van der Waals surface area (Å²) in [7, 11) is -10.2. The van der Waals surface area contributed by atoms with Crippen LogP contribution < -0.4 is 11.1 Å². The van der Waals surface area contributed by atoms with Gasteiger partial charge in [-0.25, -0.2) is 13.5 Å². The number of aromatic nitrogens is 2. The van der Waals surface area contributed by atoms with Gasteiger partial charge in [0.2, 0.25) is 5.91 Å². The van der Waals surface area contributed by atoms with Crippen molar-refractivity contribution >= 4 is 45.2 Å². The third-order valence-corrected chi connectivity index (χ3v) is 7.51. The lowest BCUT2D eigenvalue weighted by molar-refractivity contribution is -0.120. The van der Waals surface area contributed by atoms with Crippen molar-refractivity contribution in [3.63, 3.8) is 0 Å².